The summed E-state index contributed by atoms with van der Waals surface area (Å²) in [7, 11) is 0. The van der Waals surface area contributed by atoms with Crippen LogP contribution in [0.3, 0.4) is 0 Å². The summed E-state index contributed by atoms with van der Waals surface area (Å²) in [5.41, 5.74) is 0.272. The monoisotopic (exact) mass is 264 g/mol. The lowest BCUT2D eigenvalue weighted by Crippen LogP contribution is -2.26. The molecule has 2 heterocycles. The Morgan fingerprint density at radius 3 is 2.74 bits per heavy atom. The van der Waals surface area contributed by atoms with Crippen molar-refractivity contribution >= 4 is 5.91 Å². The van der Waals surface area contributed by atoms with Gasteiger partial charge in [0.05, 0.1) is 0 Å². The van der Waals surface area contributed by atoms with Gasteiger partial charge in [0.15, 0.2) is 11.5 Å². The van der Waals surface area contributed by atoms with Gasteiger partial charge in [0.1, 0.15) is 5.76 Å². The molecule has 2 rings (SSSR count). The average Bonchev–Trinajstić information content (AvgIpc) is 2.98. The van der Waals surface area contributed by atoms with E-state index in [0.29, 0.717) is 30.4 Å². The minimum atomic E-state index is -0.274. The Labute approximate surface area is 110 Å². The molecule has 7 nitrogen and oxygen atoms in total. The third kappa shape index (κ3) is 3.40. The summed E-state index contributed by atoms with van der Waals surface area (Å²) in [6.07, 6.45) is 0.513. The Morgan fingerprint density at radius 2 is 2.16 bits per heavy atom. The quantitative estimate of drug-likeness (QED) is 0.878. The lowest BCUT2D eigenvalue weighted by atomic mass is 10.2. The molecule has 2 aromatic heterocycles. The Kier molecular flexibility index (Phi) is 3.94. The maximum absolute atomic E-state index is 11.7. The van der Waals surface area contributed by atoms with E-state index in [1.807, 2.05) is 13.8 Å². The molecule has 2 aromatic rings. The Bertz CT molecular complexity index is 559. The van der Waals surface area contributed by atoms with Crippen LogP contribution < -0.4 is 5.32 Å². The fourth-order valence-electron chi connectivity index (χ4n) is 1.46. The molecule has 7 heteroatoms. The van der Waals surface area contributed by atoms with Crippen molar-refractivity contribution in [3.63, 3.8) is 0 Å². The van der Waals surface area contributed by atoms with E-state index in [1.165, 1.54) is 0 Å². The summed E-state index contributed by atoms with van der Waals surface area (Å²) in [4.78, 5) is 15.9. The van der Waals surface area contributed by atoms with Crippen LogP contribution in [0.1, 0.15) is 47.7 Å². The lowest BCUT2D eigenvalue weighted by molar-refractivity contribution is 0.0945. The van der Waals surface area contributed by atoms with Gasteiger partial charge in [-0.2, -0.15) is 4.98 Å². The molecule has 0 fully saturated rings. The van der Waals surface area contributed by atoms with Gasteiger partial charge in [-0.25, -0.2) is 0 Å². The van der Waals surface area contributed by atoms with E-state index in [1.54, 1.807) is 13.0 Å². The molecular weight excluding hydrogens is 248 g/mol. The summed E-state index contributed by atoms with van der Waals surface area (Å²) < 4.78 is 9.90. The van der Waals surface area contributed by atoms with Crippen molar-refractivity contribution in [3.05, 3.63) is 29.2 Å². The first-order valence-corrected chi connectivity index (χ1v) is 6.10. The van der Waals surface area contributed by atoms with Crippen LogP contribution in [0, 0.1) is 6.92 Å². The highest BCUT2D eigenvalue weighted by Crippen LogP contribution is 2.10. The predicted octanol–water partition coefficient (Wildman–Crippen LogP) is 1.46. The fraction of sp³-hybridized carbons (Fsp3) is 0.500. The second-order valence-electron chi connectivity index (χ2n) is 4.53. The number of rotatable bonds is 5. The molecule has 1 N–H and O–H groups in total. The van der Waals surface area contributed by atoms with E-state index in [4.69, 9.17) is 9.05 Å². The van der Waals surface area contributed by atoms with Gasteiger partial charge in [-0.3, -0.25) is 4.79 Å². The van der Waals surface area contributed by atoms with Crippen molar-refractivity contribution in [3.8, 4) is 0 Å². The van der Waals surface area contributed by atoms with Gasteiger partial charge in [0, 0.05) is 24.9 Å². The number of hydrogen-bond donors (Lipinski definition) is 1. The standard InChI is InChI=1S/C12H16N4O3/c1-7(2)12-14-10(16-19-12)4-5-13-11(17)9-6-8(3)18-15-9/h6-7H,4-5H2,1-3H3,(H,13,17). The summed E-state index contributed by atoms with van der Waals surface area (Å²) in [6.45, 7) is 6.11. The molecule has 0 saturated heterocycles. The molecular formula is C12H16N4O3. The smallest absolute Gasteiger partial charge is 0.273 e. The van der Waals surface area contributed by atoms with Crippen molar-refractivity contribution in [1.82, 2.24) is 20.6 Å². The number of hydrogen-bond acceptors (Lipinski definition) is 6. The molecule has 1 amide bonds. The first-order valence-electron chi connectivity index (χ1n) is 6.10. The normalized spacial score (nSPS) is 10.9. The Balaban J connectivity index is 1.81. The van der Waals surface area contributed by atoms with E-state index in [9.17, 15) is 4.79 Å². The van der Waals surface area contributed by atoms with Crippen molar-refractivity contribution in [1.29, 1.82) is 0 Å². The number of carbonyl (C=O) groups excluding carboxylic acids is 1. The zero-order chi connectivity index (χ0) is 13.8. The van der Waals surface area contributed by atoms with Gasteiger partial charge >= 0.3 is 0 Å². The van der Waals surface area contributed by atoms with Crippen LogP contribution in [-0.2, 0) is 6.42 Å². The third-order valence-electron chi connectivity index (χ3n) is 2.47. The molecule has 0 aliphatic carbocycles. The minimum absolute atomic E-state index is 0.203. The van der Waals surface area contributed by atoms with Crippen LogP contribution in [-0.4, -0.2) is 27.7 Å². The van der Waals surface area contributed by atoms with Crippen molar-refractivity contribution in [2.24, 2.45) is 0 Å². The molecule has 0 aliphatic rings. The third-order valence-corrected chi connectivity index (χ3v) is 2.47. The minimum Gasteiger partial charge on any atom is -0.361 e. The van der Waals surface area contributed by atoms with Gasteiger partial charge in [-0.1, -0.05) is 24.2 Å². The first kappa shape index (κ1) is 13.3. The van der Waals surface area contributed by atoms with Crippen molar-refractivity contribution < 1.29 is 13.8 Å². The van der Waals surface area contributed by atoms with Crippen LogP contribution in [0.15, 0.2) is 15.1 Å². The number of aryl methyl sites for hydroxylation is 1. The molecule has 0 atom stereocenters. The number of aromatic nitrogens is 3. The van der Waals surface area contributed by atoms with Gasteiger partial charge < -0.3 is 14.4 Å². The largest absolute Gasteiger partial charge is 0.361 e. The molecule has 102 valence electrons. The zero-order valence-electron chi connectivity index (χ0n) is 11.1. The zero-order valence-corrected chi connectivity index (χ0v) is 11.1. The molecule has 0 saturated carbocycles. The first-order chi connectivity index (χ1) is 9.06. The number of nitrogens with one attached hydrogen (secondary N) is 1. The Hall–Kier alpha value is -2.18. The van der Waals surface area contributed by atoms with Gasteiger partial charge in [-0.05, 0) is 6.92 Å². The number of carbonyl (C=O) groups is 1. The highest BCUT2D eigenvalue weighted by Gasteiger charge is 2.12. The number of amides is 1. The van der Waals surface area contributed by atoms with E-state index >= 15 is 0 Å². The van der Waals surface area contributed by atoms with Crippen LogP contribution >= 0.6 is 0 Å². The van der Waals surface area contributed by atoms with Gasteiger partial charge in [-0.15, -0.1) is 0 Å². The van der Waals surface area contributed by atoms with E-state index in [2.05, 4.69) is 20.6 Å². The predicted molar refractivity (Wildman–Crippen MR) is 65.7 cm³/mol. The molecule has 19 heavy (non-hydrogen) atoms. The number of nitrogens with zero attached hydrogens (tertiary/aromatic N) is 3. The molecule has 0 radical (unpaired) electrons. The van der Waals surface area contributed by atoms with E-state index in [0.717, 1.165) is 0 Å². The van der Waals surface area contributed by atoms with Crippen LogP contribution in [0.4, 0.5) is 0 Å². The fourth-order valence-corrected chi connectivity index (χ4v) is 1.46. The highest BCUT2D eigenvalue weighted by atomic mass is 16.5. The SMILES string of the molecule is Cc1cc(C(=O)NCCc2noc(C(C)C)n2)no1. The summed E-state index contributed by atoms with van der Waals surface area (Å²) in [5, 5.41) is 10.2. The summed E-state index contributed by atoms with van der Waals surface area (Å²) in [5.74, 6) is 1.72. The van der Waals surface area contributed by atoms with E-state index in [-0.39, 0.29) is 17.5 Å². The topological polar surface area (TPSA) is 94.1 Å². The van der Waals surface area contributed by atoms with Crippen LogP contribution in [0.25, 0.3) is 0 Å². The summed E-state index contributed by atoms with van der Waals surface area (Å²) in [6, 6.07) is 1.58. The molecule has 0 unspecified atom stereocenters. The van der Waals surface area contributed by atoms with Crippen molar-refractivity contribution in [2.45, 2.75) is 33.1 Å². The summed E-state index contributed by atoms with van der Waals surface area (Å²) >= 11 is 0. The second-order valence-corrected chi connectivity index (χ2v) is 4.53. The van der Waals surface area contributed by atoms with E-state index < -0.39 is 0 Å². The Morgan fingerprint density at radius 1 is 1.37 bits per heavy atom. The van der Waals surface area contributed by atoms with Gasteiger partial charge in [0.25, 0.3) is 5.91 Å². The molecule has 0 aliphatic heterocycles. The maximum Gasteiger partial charge on any atom is 0.273 e. The highest BCUT2D eigenvalue weighted by molar-refractivity contribution is 5.92. The molecule has 0 spiro atoms. The average molecular weight is 264 g/mol. The lowest BCUT2D eigenvalue weighted by Gasteiger charge is -1.99. The molecule has 0 aromatic carbocycles. The second kappa shape index (κ2) is 5.64. The van der Waals surface area contributed by atoms with Crippen LogP contribution in [0.5, 0.6) is 0 Å². The van der Waals surface area contributed by atoms with Crippen LogP contribution in [0.2, 0.25) is 0 Å². The van der Waals surface area contributed by atoms with Crippen molar-refractivity contribution in [2.75, 3.05) is 6.54 Å². The van der Waals surface area contributed by atoms with Gasteiger partial charge in [0.2, 0.25) is 5.89 Å². The maximum atomic E-state index is 11.7. The molecule has 0 bridgehead atoms.